The average Bonchev–Trinajstić information content (AvgIpc) is 3.34. The Kier molecular flexibility index (Phi) is 4.69. The molecule has 8 nitrogen and oxygen atoms in total. The zero-order valence-corrected chi connectivity index (χ0v) is 17.5. The van der Waals surface area contributed by atoms with Crippen LogP contribution in [-0.2, 0) is 16.1 Å². The van der Waals surface area contributed by atoms with Gasteiger partial charge in [0.1, 0.15) is 11.6 Å². The lowest BCUT2D eigenvalue weighted by atomic mass is 10.1. The van der Waals surface area contributed by atoms with Gasteiger partial charge in [-0.3, -0.25) is 14.9 Å². The number of fused-ring (bicyclic) bond motifs is 1. The fourth-order valence-electron chi connectivity index (χ4n) is 3.88. The maximum absolute atomic E-state index is 12.0. The lowest BCUT2D eigenvalue weighted by molar-refractivity contribution is -0.124. The highest BCUT2D eigenvalue weighted by Crippen LogP contribution is 2.28. The zero-order valence-electron chi connectivity index (χ0n) is 17.5. The van der Waals surface area contributed by atoms with Crippen LogP contribution in [0.5, 0.6) is 0 Å². The number of carbonyl (C=O) groups excluding carboxylic acids is 2. The Balaban J connectivity index is 1.49. The Morgan fingerprint density at radius 3 is 2.61 bits per heavy atom. The van der Waals surface area contributed by atoms with Gasteiger partial charge in [0, 0.05) is 29.8 Å². The van der Waals surface area contributed by atoms with Crippen molar-refractivity contribution in [1.29, 1.82) is 0 Å². The van der Waals surface area contributed by atoms with Crippen molar-refractivity contribution in [2.45, 2.75) is 45.7 Å². The summed E-state index contributed by atoms with van der Waals surface area (Å²) in [6, 6.07) is 8.88. The summed E-state index contributed by atoms with van der Waals surface area (Å²) in [5.41, 5.74) is 5.40. The van der Waals surface area contributed by atoms with Gasteiger partial charge in [0.2, 0.25) is 5.91 Å². The Morgan fingerprint density at radius 2 is 1.94 bits per heavy atom. The molecule has 3 N–H and O–H groups in total. The molecular weight excluding hydrogens is 392 g/mol. The third-order valence-electron chi connectivity index (χ3n) is 5.41. The van der Waals surface area contributed by atoms with Gasteiger partial charge < -0.3 is 10.6 Å². The summed E-state index contributed by atoms with van der Waals surface area (Å²) in [4.78, 5) is 28.3. The molecule has 1 saturated carbocycles. The minimum absolute atomic E-state index is 0.0774. The molecule has 1 saturated heterocycles. The second-order valence-corrected chi connectivity index (χ2v) is 8.35. The summed E-state index contributed by atoms with van der Waals surface area (Å²) in [6.45, 7) is 4.83. The van der Waals surface area contributed by atoms with Gasteiger partial charge in [-0.1, -0.05) is 29.3 Å². The summed E-state index contributed by atoms with van der Waals surface area (Å²) < 4.78 is 1.75. The highest BCUT2D eigenvalue weighted by Gasteiger charge is 2.25. The number of carbonyl (C=O) groups is 2. The molecule has 0 unspecified atom stereocenters. The van der Waals surface area contributed by atoms with Crippen LogP contribution in [0, 0.1) is 13.8 Å². The number of rotatable bonds is 6. The van der Waals surface area contributed by atoms with Crippen LogP contribution in [0.3, 0.4) is 0 Å². The van der Waals surface area contributed by atoms with Crippen LogP contribution in [-0.4, -0.2) is 32.5 Å². The molecule has 1 aromatic carbocycles. The lowest BCUT2D eigenvalue weighted by Crippen LogP contribution is -2.19. The molecule has 1 aliphatic carbocycles. The van der Waals surface area contributed by atoms with Gasteiger partial charge >= 0.3 is 0 Å². The molecule has 8 heteroatoms. The van der Waals surface area contributed by atoms with Crippen molar-refractivity contribution in [3.63, 3.8) is 0 Å². The van der Waals surface area contributed by atoms with E-state index in [9.17, 15) is 9.59 Å². The standard InChI is InChI=1S/C23H24N6O2/c1-13-5-14(2)7-15(6-13)11-24-19-10-20(26-18-3-4-18)29-22(27-19)17(12-25-29)8-16-9-21(30)28-23(16)31/h5-8,10,12,18,26H,3-4,9,11H2,1-2H3,(H,24,27)(H,28,30,31)/b16-8+. The topological polar surface area (TPSA) is 100 Å². The SMILES string of the molecule is Cc1cc(C)cc(CNc2cc(NC3CC3)n3ncc(/C=C4\CC(=O)NC4=O)c3n2)c1. The van der Waals surface area contributed by atoms with Crippen molar-refractivity contribution < 1.29 is 9.59 Å². The van der Waals surface area contributed by atoms with Gasteiger partial charge in [-0.2, -0.15) is 9.61 Å². The number of hydrogen-bond donors (Lipinski definition) is 3. The maximum Gasteiger partial charge on any atom is 0.254 e. The molecule has 5 rings (SSSR count). The van der Waals surface area contributed by atoms with E-state index < -0.39 is 0 Å². The summed E-state index contributed by atoms with van der Waals surface area (Å²) in [5, 5.41) is 13.7. The van der Waals surface area contributed by atoms with Crippen LogP contribution in [0.2, 0.25) is 0 Å². The van der Waals surface area contributed by atoms with Gasteiger partial charge in [-0.05, 0) is 38.3 Å². The van der Waals surface area contributed by atoms with Crippen LogP contribution < -0.4 is 16.0 Å². The number of aromatic nitrogens is 3. The highest BCUT2D eigenvalue weighted by molar-refractivity contribution is 6.15. The minimum Gasteiger partial charge on any atom is -0.367 e. The van der Waals surface area contributed by atoms with E-state index in [1.165, 1.54) is 16.7 Å². The summed E-state index contributed by atoms with van der Waals surface area (Å²) >= 11 is 0. The average molecular weight is 416 g/mol. The highest BCUT2D eigenvalue weighted by atomic mass is 16.2. The minimum atomic E-state index is -0.357. The summed E-state index contributed by atoms with van der Waals surface area (Å²) in [7, 11) is 0. The van der Waals surface area contributed by atoms with Gasteiger partial charge in [0.25, 0.3) is 5.91 Å². The van der Waals surface area contributed by atoms with Crippen LogP contribution in [0.15, 0.2) is 36.0 Å². The third kappa shape index (κ3) is 4.14. The first-order valence-electron chi connectivity index (χ1n) is 10.5. The van der Waals surface area contributed by atoms with Crippen LogP contribution in [0.25, 0.3) is 11.7 Å². The molecule has 1 aliphatic heterocycles. The Hall–Kier alpha value is -3.68. The van der Waals surface area contributed by atoms with Crippen molar-refractivity contribution in [2.24, 2.45) is 0 Å². The molecule has 2 aromatic heterocycles. The molecular formula is C23H24N6O2. The zero-order chi connectivity index (χ0) is 21.5. The van der Waals surface area contributed by atoms with Crippen molar-refractivity contribution in [2.75, 3.05) is 10.6 Å². The first kappa shape index (κ1) is 19.3. The largest absolute Gasteiger partial charge is 0.367 e. The number of nitrogens with zero attached hydrogens (tertiary/aromatic N) is 3. The van der Waals surface area contributed by atoms with E-state index >= 15 is 0 Å². The molecule has 0 bridgehead atoms. The fourth-order valence-corrected chi connectivity index (χ4v) is 3.88. The molecule has 0 spiro atoms. The van der Waals surface area contributed by atoms with Crippen molar-refractivity contribution in [3.8, 4) is 0 Å². The monoisotopic (exact) mass is 416 g/mol. The Bertz CT molecular complexity index is 1220. The van der Waals surface area contributed by atoms with E-state index in [-0.39, 0.29) is 18.2 Å². The van der Waals surface area contributed by atoms with E-state index in [0.29, 0.717) is 29.4 Å². The van der Waals surface area contributed by atoms with Gasteiger partial charge in [0.15, 0.2) is 5.65 Å². The van der Waals surface area contributed by atoms with Gasteiger partial charge in [0.05, 0.1) is 12.6 Å². The summed E-state index contributed by atoms with van der Waals surface area (Å²) in [5.74, 6) is 0.936. The number of aryl methyl sites for hydroxylation is 2. The van der Waals surface area contributed by atoms with Crippen molar-refractivity contribution >= 4 is 35.2 Å². The Labute approximate surface area is 179 Å². The second-order valence-electron chi connectivity index (χ2n) is 8.35. The lowest BCUT2D eigenvalue weighted by Gasteiger charge is -2.12. The smallest absolute Gasteiger partial charge is 0.254 e. The number of anilines is 2. The van der Waals surface area contributed by atoms with Gasteiger partial charge in [-0.25, -0.2) is 4.98 Å². The molecule has 2 aliphatic rings. The first-order valence-corrected chi connectivity index (χ1v) is 10.5. The quantitative estimate of drug-likeness (QED) is 0.422. The summed E-state index contributed by atoms with van der Waals surface area (Å²) in [6.07, 6.45) is 5.72. The third-order valence-corrected chi connectivity index (χ3v) is 5.41. The van der Waals surface area contributed by atoms with Crippen molar-refractivity contribution in [1.82, 2.24) is 19.9 Å². The molecule has 2 amide bonds. The fraction of sp³-hybridized carbons (Fsp3) is 0.304. The maximum atomic E-state index is 12.0. The molecule has 0 atom stereocenters. The first-order chi connectivity index (χ1) is 14.9. The van der Waals surface area contributed by atoms with E-state index in [0.717, 1.165) is 24.5 Å². The van der Waals surface area contributed by atoms with E-state index in [1.54, 1.807) is 16.8 Å². The van der Waals surface area contributed by atoms with Gasteiger partial charge in [-0.15, -0.1) is 0 Å². The number of benzene rings is 1. The van der Waals surface area contributed by atoms with E-state index in [1.807, 2.05) is 6.07 Å². The van der Waals surface area contributed by atoms with Crippen LogP contribution in [0.4, 0.5) is 11.6 Å². The molecule has 158 valence electrons. The van der Waals surface area contributed by atoms with Crippen LogP contribution >= 0.6 is 0 Å². The molecule has 3 heterocycles. The van der Waals surface area contributed by atoms with E-state index in [4.69, 9.17) is 4.98 Å². The van der Waals surface area contributed by atoms with E-state index in [2.05, 4.69) is 53.1 Å². The number of imide groups is 1. The van der Waals surface area contributed by atoms with Crippen molar-refractivity contribution in [3.05, 3.63) is 58.3 Å². The normalized spacial score (nSPS) is 17.4. The predicted molar refractivity (Wildman–Crippen MR) is 119 cm³/mol. The predicted octanol–water partition coefficient (Wildman–Crippen LogP) is 2.96. The number of nitrogens with one attached hydrogen (secondary N) is 3. The molecule has 31 heavy (non-hydrogen) atoms. The van der Waals surface area contributed by atoms with Crippen LogP contribution in [0.1, 0.15) is 41.5 Å². The molecule has 0 radical (unpaired) electrons. The number of hydrogen-bond acceptors (Lipinski definition) is 6. The Morgan fingerprint density at radius 1 is 1.16 bits per heavy atom. The second kappa shape index (κ2) is 7.54. The number of amides is 2. The molecule has 3 aromatic rings. The molecule has 2 fully saturated rings.